The van der Waals surface area contributed by atoms with Crippen molar-refractivity contribution in [3.8, 4) is 0 Å². The molecule has 1 amide bonds. The number of hydroxylamine groups is 1. The molecular weight excluding hydrogens is 258 g/mol. The summed E-state index contributed by atoms with van der Waals surface area (Å²) in [5, 5.41) is 0. The van der Waals surface area contributed by atoms with E-state index in [9.17, 15) is 9.59 Å². The van der Waals surface area contributed by atoms with Crippen LogP contribution in [-0.2, 0) is 25.8 Å². The monoisotopic (exact) mass is 279 g/mol. The third-order valence-corrected chi connectivity index (χ3v) is 2.78. The van der Waals surface area contributed by atoms with Crippen LogP contribution in [0.15, 0.2) is 30.3 Å². The van der Waals surface area contributed by atoms with Crippen molar-refractivity contribution in [3.05, 3.63) is 35.9 Å². The summed E-state index contributed by atoms with van der Waals surface area (Å²) in [6.45, 7) is 0.356. The molecule has 0 heterocycles. The van der Waals surface area contributed by atoms with Gasteiger partial charge in [-0.15, -0.1) is 0 Å². The molecule has 0 unspecified atom stereocenters. The van der Waals surface area contributed by atoms with Gasteiger partial charge in [-0.2, -0.15) is 0 Å². The van der Waals surface area contributed by atoms with Crippen LogP contribution in [0.3, 0.4) is 0 Å². The van der Waals surface area contributed by atoms with E-state index in [0.717, 1.165) is 24.8 Å². The van der Waals surface area contributed by atoms with Crippen molar-refractivity contribution in [1.29, 1.82) is 0 Å². The molecule has 1 rings (SSSR count). The smallest absolute Gasteiger partial charge is 0.305 e. The fourth-order valence-electron chi connectivity index (χ4n) is 1.66. The molecule has 110 valence electrons. The van der Waals surface area contributed by atoms with E-state index in [4.69, 9.17) is 4.84 Å². The molecule has 0 aliphatic heterocycles. The summed E-state index contributed by atoms with van der Waals surface area (Å²) in [7, 11) is 1.37. The van der Waals surface area contributed by atoms with Crippen molar-refractivity contribution in [1.82, 2.24) is 5.48 Å². The van der Waals surface area contributed by atoms with Crippen LogP contribution in [0.4, 0.5) is 0 Å². The van der Waals surface area contributed by atoms with Crippen molar-refractivity contribution in [3.63, 3.8) is 0 Å². The molecule has 1 N–H and O–H groups in total. The van der Waals surface area contributed by atoms with Crippen molar-refractivity contribution in [2.75, 3.05) is 7.11 Å². The highest BCUT2D eigenvalue weighted by Gasteiger charge is 2.03. The standard InChI is InChI=1S/C15H21NO4/c1-19-15(18)11-7-3-6-10-14(17)16-20-12-13-8-4-2-5-9-13/h2,4-5,8-9H,3,6-7,10-12H2,1H3,(H,16,17). The molecule has 5 heteroatoms. The van der Waals surface area contributed by atoms with Crippen LogP contribution in [0, 0.1) is 0 Å². The minimum atomic E-state index is -0.208. The molecule has 0 radical (unpaired) electrons. The lowest BCUT2D eigenvalue weighted by atomic mass is 10.1. The molecule has 0 saturated carbocycles. The zero-order valence-electron chi connectivity index (χ0n) is 11.8. The molecule has 0 aliphatic carbocycles. The first-order valence-electron chi connectivity index (χ1n) is 6.73. The van der Waals surface area contributed by atoms with Crippen molar-refractivity contribution in [2.24, 2.45) is 0 Å². The van der Waals surface area contributed by atoms with E-state index in [2.05, 4.69) is 10.2 Å². The number of benzene rings is 1. The van der Waals surface area contributed by atoms with Crippen molar-refractivity contribution < 1.29 is 19.2 Å². The normalized spacial score (nSPS) is 10.1. The highest BCUT2D eigenvalue weighted by atomic mass is 16.6. The Labute approximate surface area is 119 Å². The lowest BCUT2D eigenvalue weighted by molar-refractivity contribution is -0.140. The Bertz CT molecular complexity index is 406. The van der Waals surface area contributed by atoms with Gasteiger partial charge >= 0.3 is 5.97 Å². The Morgan fingerprint density at radius 3 is 2.45 bits per heavy atom. The Morgan fingerprint density at radius 1 is 1.05 bits per heavy atom. The van der Waals surface area contributed by atoms with Crippen LogP contribution in [0.1, 0.15) is 37.7 Å². The molecule has 5 nitrogen and oxygen atoms in total. The van der Waals surface area contributed by atoms with Gasteiger partial charge in [0.25, 0.3) is 0 Å². The third kappa shape index (κ3) is 7.53. The Morgan fingerprint density at radius 2 is 1.75 bits per heavy atom. The van der Waals surface area contributed by atoms with Gasteiger partial charge in [0, 0.05) is 12.8 Å². The lowest BCUT2D eigenvalue weighted by Gasteiger charge is -2.06. The maximum absolute atomic E-state index is 11.5. The summed E-state index contributed by atoms with van der Waals surface area (Å²) in [5.74, 6) is -0.348. The van der Waals surface area contributed by atoms with Gasteiger partial charge in [0.1, 0.15) is 0 Å². The van der Waals surface area contributed by atoms with E-state index in [1.54, 1.807) is 0 Å². The van der Waals surface area contributed by atoms with Crippen LogP contribution >= 0.6 is 0 Å². The second-order valence-electron chi connectivity index (χ2n) is 4.44. The molecule has 0 spiro atoms. The Hall–Kier alpha value is -1.88. The minimum Gasteiger partial charge on any atom is -0.469 e. The molecule has 0 aromatic heterocycles. The zero-order chi connectivity index (χ0) is 14.6. The van der Waals surface area contributed by atoms with Gasteiger partial charge in [-0.05, 0) is 18.4 Å². The number of unbranched alkanes of at least 4 members (excludes halogenated alkanes) is 2. The number of carbonyl (C=O) groups excluding carboxylic acids is 2. The molecule has 1 aromatic rings. The number of hydrogen-bond donors (Lipinski definition) is 1. The van der Waals surface area contributed by atoms with Gasteiger partial charge in [0.05, 0.1) is 13.7 Å². The van der Waals surface area contributed by atoms with E-state index < -0.39 is 0 Å². The number of nitrogens with one attached hydrogen (secondary N) is 1. The maximum atomic E-state index is 11.5. The summed E-state index contributed by atoms with van der Waals surface area (Å²) in [6, 6.07) is 9.62. The highest BCUT2D eigenvalue weighted by Crippen LogP contribution is 2.04. The largest absolute Gasteiger partial charge is 0.469 e. The topological polar surface area (TPSA) is 64.6 Å². The first-order chi connectivity index (χ1) is 9.72. The number of hydrogen-bond acceptors (Lipinski definition) is 4. The molecule has 0 fully saturated rings. The molecule has 1 aromatic carbocycles. The van der Waals surface area contributed by atoms with Gasteiger partial charge in [0.2, 0.25) is 5.91 Å². The molecular formula is C15H21NO4. The van der Waals surface area contributed by atoms with Gasteiger partial charge in [-0.25, -0.2) is 5.48 Å². The molecule has 0 aliphatic rings. The Kier molecular flexibility index (Phi) is 8.07. The summed E-state index contributed by atoms with van der Waals surface area (Å²) in [6.07, 6.45) is 3.10. The van der Waals surface area contributed by atoms with Crippen LogP contribution in [-0.4, -0.2) is 19.0 Å². The zero-order valence-corrected chi connectivity index (χ0v) is 11.8. The van der Waals surface area contributed by atoms with Gasteiger partial charge in [0.15, 0.2) is 0 Å². The lowest BCUT2D eigenvalue weighted by Crippen LogP contribution is -2.23. The third-order valence-electron chi connectivity index (χ3n) is 2.78. The SMILES string of the molecule is COC(=O)CCCCCC(=O)NOCc1ccccc1. The quantitative estimate of drug-likeness (QED) is 0.428. The van der Waals surface area contributed by atoms with Crippen LogP contribution in [0.5, 0.6) is 0 Å². The first kappa shape index (κ1) is 16.2. The van der Waals surface area contributed by atoms with E-state index in [0.29, 0.717) is 19.4 Å². The fourth-order valence-corrected chi connectivity index (χ4v) is 1.66. The first-order valence-corrected chi connectivity index (χ1v) is 6.73. The molecule has 20 heavy (non-hydrogen) atoms. The van der Waals surface area contributed by atoms with Crippen molar-refractivity contribution >= 4 is 11.9 Å². The van der Waals surface area contributed by atoms with E-state index >= 15 is 0 Å². The second kappa shape index (κ2) is 9.97. The number of esters is 1. The maximum Gasteiger partial charge on any atom is 0.305 e. The van der Waals surface area contributed by atoms with Crippen LogP contribution in [0.2, 0.25) is 0 Å². The molecule has 0 atom stereocenters. The Balaban J connectivity index is 1.99. The van der Waals surface area contributed by atoms with Crippen LogP contribution in [0.25, 0.3) is 0 Å². The summed E-state index contributed by atoms with van der Waals surface area (Å²) < 4.78 is 4.53. The predicted octanol–water partition coefficient (Wildman–Crippen LogP) is 2.36. The van der Waals surface area contributed by atoms with E-state index in [1.165, 1.54) is 7.11 Å². The highest BCUT2D eigenvalue weighted by molar-refractivity contribution is 5.74. The van der Waals surface area contributed by atoms with E-state index in [-0.39, 0.29) is 11.9 Å². The second-order valence-corrected chi connectivity index (χ2v) is 4.44. The molecule has 0 bridgehead atoms. The minimum absolute atomic E-state index is 0.140. The number of methoxy groups -OCH3 is 1. The fraction of sp³-hybridized carbons (Fsp3) is 0.467. The van der Waals surface area contributed by atoms with Gasteiger partial charge in [-0.3, -0.25) is 14.4 Å². The van der Waals surface area contributed by atoms with Gasteiger partial charge in [-0.1, -0.05) is 36.8 Å². The number of ether oxygens (including phenoxy) is 1. The summed E-state index contributed by atoms with van der Waals surface area (Å²) in [4.78, 5) is 27.4. The number of carbonyl (C=O) groups is 2. The van der Waals surface area contributed by atoms with Crippen molar-refractivity contribution in [2.45, 2.75) is 38.7 Å². The number of amides is 1. The average Bonchev–Trinajstić information content (AvgIpc) is 2.47. The summed E-state index contributed by atoms with van der Waals surface area (Å²) in [5.41, 5.74) is 3.42. The van der Waals surface area contributed by atoms with Gasteiger partial charge < -0.3 is 4.74 Å². The summed E-state index contributed by atoms with van der Waals surface area (Å²) >= 11 is 0. The number of rotatable bonds is 9. The van der Waals surface area contributed by atoms with Crippen LogP contribution < -0.4 is 5.48 Å². The van der Waals surface area contributed by atoms with E-state index in [1.807, 2.05) is 30.3 Å². The predicted molar refractivity (Wildman–Crippen MR) is 74.5 cm³/mol. The average molecular weight is 279 g/mol. The molecule has 0 saturated heterocycles.